The van der Waals surface area contributed by atoms with Crippen molar-refractivity contribution >= 4 is 17.5 Å². The molecule has 0 unspecified atom stereocenters. The molecule has 2 amide bonds. The van der Waals surface area contributed by atoms with Gasteiger partial charge in [-0.25, -0.2) is 0 Å². The van der Waals surface area contributed by atoms with Crippen LogP contribution in [0.2, 0.25) is 0 Å². The number of nitrogens with one attached hydrogen (secondary N) is 2. The van der Waals surface area contributed by atoms with Gasteiger partial charge in [-0.1, -0.05) is 24.3 Å². The van der Waals surface area contributed by atoms with Crippen LogP contribution in [-0.4, -0.2) is 24.6 Å². The SMILES string of the molecule is CCOc1ccc(CC(=O)NCc2ccc(NC(=O)C(F)(F)F)cc2)cc1. The quantitative estimate of drug-likeness (QED) is 0.773. The number of carbonyl (C=O) groups excluding carboxylic acids is 2. The number of alkyl halides is 3. The van der Waals surface area contributed by atoms with E-state index < -0.39 is 12.1 Å². The molecule has 0 aliphatic carbocycles. The highest BCUT2D eigenvalue weighted by Gasteiger charge is 2.38. The van der Waals surface area contributed by atoms with Gasteiger partial charge in [0.1, 0.15) is 5.75 Å². The highest BCUT2D eigenvalue weighted by atomic mass is 19.4. The van der Waals surface area contributed by atoms with Crippen LogP contribution in [0.25, 0.3) is 0 Å². The Labute approximate surface area is 154 Å². The van der Waals surface area contributed by atoms with Crippen LogP contribution in [0.1, 0.15) is 18.1 Å². The molecule has 0 spiro atoms. The first-order valence-corrected chi connectivity index (χ1v) is 8.23. The number of ether oxygens (including phenoxy) is 1. The first kappa shape index (κ1) is 20.3. The molecule has 27 heavy (non-hydrogen) atoms. The predicted molar refractivity (Wildman–Crippen MR) is 94.3 cm³/mol. The van der Waals surface area contributed by atoms with Crippen molar-refractivity contribution in [3.63, 3.8) is 0 Å². The van der Waals surface area contributed by atoms with E-state index >= 15 is 0 Å². The number of hydrogen-bond donors (Lipinski definition) is 2. The molecule has 0 fully saturated rings. The van der Waals surface area contributed by atoms with Crippen LogP contribution >= 0.6 is 0 Å². The predicted octanol–water partition coefficient (Wildman–Crippen LogP) is 3.45. The molecule has 2 N–H and O–H groups in total. The summed E-state index contributed by atoms with van der Waals surface area (Å²) in [7, 11) is 0. The van der Waals surface area contributed by atoms with Gasteiger partial charge in [0.15, 0.2) is 0 Å². The highest BCUT2D eigenvalue weighted by Crippen LogP contribution is 2.18. The van der Waals surface area contributed by atoms with E-state index in [0.29, 0.717) is 12.2 Å². The Morgan fingerprint density at radius 3 is 2.11 bits per heavy atom. The smallest absolute Gasteiger partial charge is 0.471 e. The minimum absolute atomic E-state index is 0.0294. The summed E-state index contributed by atoms with van der Waals surface area (Å²) in [5, 5.41) is 4.49. The van der Waals surface area contributed by atoms with E-state index in [4.69, 9.17) is 4.74 Å². The molecule has 144 valence electrons. The van der Waals surface area contributed by atoms with Crippen molar-refractivity contribution in [1.82, 2.24) is 5.32 Å². The molecule has 0 saturated carbocycles. The van der Waals surface area contributed by atoms with Crippen molar-refractivity contribution in [2.24, 2.45) is 0 Å². The van der Waals surface area contributed by atoms with E-state index in [2.05, 4.69) is 5.32 Å². The number of halogens is 3. The van der Waals surface area contributed by atoms with Gasteiger partial charge in [-0.2, -0.15) is 13.2 Å². The van der Waals surface area contributed by atoms with Gasteiger partial charge in [-0.05, 0) is 42.3 Å². The van der Waals surface area contributed by atoms with Crippen molar-refractivity contribution in [2.45, 2.75) is 26.1 Å². The largest absolute Gasteiger partial charge is 0.494 e. The van der Waals surface area contributed by atoms with Gasteiger partial charge in [0.25, 0.3) is 0 Å². The lowest BCUT2D eigenvalue weighted by Crippen LogP contribution is -2.29. The Hall–Kier alpha value is -3.03. The molecule has 2 aromatic carbocycles. The Kier molecular flexibility index (Phi) is 6.81. The number of amides is 2. The molecule has 0 saturated heterocycles. The third-order valence-corrected chi connectivity index (χ3v) is 3.56. The fourth-order valence-electron chi connectivity index (χ4n) is 2.23. The van der Waals surface area contributed by atoms with Crippen LogP contribution in [0.15, 0.2) is 48.5 Å². The van der Waals surface area contributed by atoms with Gasteiger partial charge in [0, 0.05) is 12.2 Å². The van der Waals surface area contributed by atoms with E-state index in [1.54, 1.807) is 17.4 Å². The number of anilines is 1. The van der Waals surface area contributed by atoms with Gasteiger partial charge < -0.3 is 15.4 Å². The van der Waals surface area contributed by atoms with E-state index in [-0.39, 0.29) is 24.6 Å². The van der Waals surface area contributed by atoms with Crippen molar-refractivity contribution in [2.75, 3.05) is 11.9 Å². The van der Waals surface area contributed by atoms with Crippen LogP contribution in [-0.2, 0) is 22.6 Å². The Balaban J connectivity index is 1.81. The van der Waals surface area contributed by atoms with Crippen molar-refractivity contribution < 1.29 is 27.5 Å². The summed E-state index contributed by atoms with van der Waals surface area (Å²) < 4.78 is 41.9. The van der Waals surface area contributed by atoms with E-state index in [1.807, 2.05) is 19.1 Å². The number of rotatable bonds is 7. The van der Waals surface area contributed by atoms with Crippen LogP contribution in [0.3, 0.4) is 0 Å². The molecule has 0 aliphatic heterocycles. The monoisotopic (exact) mass is 380 g/mol. The maximum absolute atomic E-state index is 12.2. The van der Waals surface area contributed by atoms with Gasteiger partial charge >= 0.3 is 12.1 Å². The zero-order chi connectivity index (χ0) is 19.9. The number of carbonyl (C=O) groups is 2. The van der Waals surface area contributed by atoms with E-state index in [1.165, 1.54) is 24.3 Å². The first-order valence-electron chi connectivity index (χ1n) is 8.23. The second kappa shape index (κ2) is 9.07. The third-order valence-electron chi connectivity index (χ3n) is 3.56. The lowest BCUT2D eigenvalue weighted by atomic mass is 10.1. The minimum Gasteiger partial charge on any atom is -0.494 e. The van der Waals surface area contributed by atoms with Crippen molar-refractivity contribution in [3.8, 4) is 5.75 Å². The number of hydrogen-bond acceptors (Lipinski definition) is 3. The summed E-state index contributed by atoms with van der Waals surface area (Å²) in [6.45, 7) is 2.68. The molecule has 0 atom stereocenters. The summed E-state index contributed by atoms with van der Waals surface area (Å²) >= 11 is 0. The molecule has 0 bridgehead atoms. The van der Waals surface area contributed by atoms with Crippen molar-refractivity contribution in [1.29, 1.82) is 0 Å². The third kappa shape index (κ3) is 6.65. The van der Waals surface area contributed by atoms with E-state index in [9.17, 15) is 22.8 Å². The molecule has 0 radical (unpaired) electrons. The van der Waals surface area contributed by atoms with Gasteiger partial charge in [0.2, 0.25) is 5.91 Å². The Morgan fingerprint density at radius 1 is 0.963 bits per heavy atom. The summed E-state index contributed by atoms with van der Waals surface area (Å²) in [4.78, 5) is 22.9. The Bertz CT molecular complexity index is 772. The van der Waals surface area contributed by atoms with Gasteiger partial charge in [-0.15, -0.1) is 0 Å². The second-order valence-corrected chi connectivity index (χ2v) is 5.68. The average Bonchev–Trinajstić information content (AvgIpc) is 2.62. The first-order chi connectivity index (χ1) is 12.8. The van der Waals surface area contributed by atoms with Crippen LogP contribution in [0.5, 0.6) is 5.75 Å². The average molecular weight is 380 g/mol. The Morgan fingerprint density at radius 2 is 1.56 bits per heavy atom. The molecule has 2 aromatic rings. The zero-order valence-corrected chi connectivity index (χ0v) is 14.6. The van der Waals surface area contributed by atoms with Gasteiger partial charge in [-0.3, -0.25) is 9.59 Å². The van der Waals surface area contributed by atoms with Crippen LogP contribution < -0.4 is 15.4 Å². The van der Waals surface area contributed by atoms with Crippen LogP contribution in [0, 0.1) is 0 Å². The summed E-state index contributed by atoms with van der Waals surface area (Å²) in [5.41, 5.74) is 1.56. The molecule has 0 heterocycles. The highest BCUT2D eigenvalue weighted by molar-refractivity contribution is 5.94. The van der Waals surface area contributed by atoms with E-state index in [0.717, 1.165) is 11.3 Å². The summed E-state index contributed by atoms with van der Waals surface area (Å²) in [6.07, 6.45) is -4.74. The molecule has 0 aromatic heterocycles. The fraction of sp³-hybridized carbons (Fsp3) is 0.263. The summed E-state index contributed by atoms with van der Waals surface area (Å²) in [6, 6.07) is 13.0. The normalized spacial score (nSPS) is 11.0. The lowest BCUT2D eigenvalue weighted by molar-refractivity contribution is -0.167. The van der Waals surface area contributed by atoms with Crippen molar-refractivity contribution in [3.05, 3.63) is 59.7 Å². The standard InChI is InChI=1S/C19H19F3N2O3/c1-2-27-16-9-5-13(6-10-16)11-17(25)23-12-14-3-7-15(8-4-14)24-18(26)19(20,21)22/h3-10H,2,11-12H2,1H3,(H,23,25)(H,24,26). The molecule has 8 heteroatoms. The molecule has 5 nitrogen and oxygen atoms in total. The van der Waals surface area contributed by atoms with Gasteiger partial charge in [0.05, 0.1) is 13.0 Å². The second-order valence-electron chi connectivity index (χ2n) is 5.68. The summed E-state index contributed by atoms with van der Waals surface area (Å²) in [5.74, 6) is -1.48. The minimum atomic E-state index is -4.94. The maximum atomic E-state index is 12.2. The fourth-order valence-corrected chi connectivity index (χ4v) is 2.23. The number of benzene rings is 2. The molecular weight excluding hydrogens is 361 g/mol. The molecule has 0 aliphatic rings. The molecular formula is C19H19F3N2O3. The lowest BCUT2D eigenvalue weighted by Gasteiger charge is -2.09. The maximum Gasteiger partial charge on any atom is 0.471 e. The zero-order valence-electron chi connectivity index (χ0n) is 14.6. The molecule has 2 rings (SSSR count). The topological polar surface area (TPSA) is 67.4 Å². The van der Waals surface area contributed by atoms with Crippen LogP contribution in [0.4, 0.5) is 18.9 Å².